The first kappa shape index (κ1) is 14.6. The highest BCUT2D eigenvalue weighted by molar-refractivity contribution is 5.74. The summed E-state index contributed by atoms with van der Waals surface area (Å²) in [7, 11) is 1.96. The Morgan fingerprint density at radius 1 is 1.21 bits per heavy atom. The van der Waals surface area contributed by atoms with Crippen molar-refractivity contribution in [3.8, 4) is 0 Å². The number of hydrogen-bond acceptors (Lipinski definition) is 2. The second-order valence-electron chi connectivity index (χ2n) is 6.36. The maximum atomic E-state index is 12.3. The lowest BCUT2D eigenvalue weighted by Gasteiger charge is -2.34. The normalized spacial score (nSPS) is 22.5. The number of nitrogens with one attached hydrogen (secondary N) is 1. The van der Waals surface area contributed by atoms with Gasteiger partial charge in [0.1, 0.15) is 0 Å². The highest BCUT2D eigenvalue weighted by Crippen LogP contribution is 2.19. The lowest BCUT2D eigenvalue weighted by molar-refractivity contribution is 0.140. The molecule has 0 aliphatic carbocycles. The molecule has 2 aliphatic rings. The molecular formula is C15H29N3O. The molecule has 0 aromatic rings. The first-order valence-corrected chi connectivity index (χ1v) is 7.87. The molecular weight excluding hydrogens is 238 g/mol. The van der Waals surface area contributed by atoms with Crippen molar-refractivity contribution in [2.75, 3.05) is 39.8 Å². The van der Waals surface area contributed by atoms with E-state index in [4.69, 9.17) is 0 Å². The van der Waals surface area contributed by atoms with E-state index in [-0.39, 0.29) is 6.03 Å². The lowest BCUT2D eigenvalue weighted by atomic mass is 9.94. The Morgan fingerprint density at radius 3 is 2.47 bits per heavy atom. The van der Waals surface area contributed by atoms with Crippen LogP contribution < -0.4 is 5.32 Å². The van der Waals surface area contributed by atoms with Gasteiger partial charge in [0.15, 0.2) is 0 Å². The second kappa shape index (κ2) is 7.13. The molecule has 2 aliphatic heterocycles. The Morgan fingerprint density at radius 2 is 1.84 bits per heavy atom. The minimum Gasteiger partial charge on any atom is -0.328 e. The van der Waals surface area contributed by atoms with E-state index in [0.29, 0.717) is 0 Å². The highest BCUT2D eigenvalue weighted by atomic mass is 16.2. The van der Waals surface area contributed by atoms with Gasteiger partial charge in [0.2, 0.25) is 0 Å². The van der Waals surface area contributed by atoms with Crippen LogP contribution in [0, 0.1) is 11.8 Å². The quantitative estimate of drug-likeness (QED) is 0.850. The van der Waals surface area contributed by atoms with Crippen LogP contribution >= 0.6 is 0 Å². The molecule has 1 N–H and O–H groups in total. The molecule has 110 valence electrons. The van der Waals surface area contributed by atoms with Gasteiger partial charge in [-0.05, 0) is 57.0 Å². The molecule has 2 rings (SSSR count). The van der Waals surface area contributed by atoms with Gasteiger partial charge in [0, 0.05) is 26.7 Å². The zero-order valence-electron chi connectivity index (χ0n) is 12.5. The van der Waals surface area contributed by atoms with Crippen molar-refractivity contribution >= 4 is 6.03 Å². The van der Waals surface area contributed by atoms with Gasteiger partial charge in [0.05, 0.1) is 0 Å². The summed E-state index contributed by atoms with van der Waals surface area (Å²) in [5.41, 5.74) is 0. The fourth-order valence-corrected chi connectivity index (χ4v) is 3.08. The number of carbonyl (C=O) groups is 1. The Balaban J connectivity index is 1.69. The van der Waals surface area contributed by atoms with Crippen molar-refractivity contribution in [1.82, 2.24) is 15.1 Å². The summed E-state index contributed by atoms with van der Waals surface area (Å²) in [6.07, 6.45) is 6.02. The average Bonchev–Trinajstić information content (AvgIpc) is 2.46. The number of hydrogen-bond donors (Lipinski definition) is 1. The number of carbonyl (C=O) groups excluding carboxylic acids is 1. The van der Waals surface area contributed by atoms with E-state index in [1.54, 1.807) is 0 Å². The highest BCUT2D eigenvalue weighted by Gasteiger charge is 2.23. The second-order valence-corrected chi connectivity index (χ2v) is 6.36. The molecule has 0 bridgehead atoms. The van der Waals surface area contributed by atoms with Crippen molar-refractivity contribution in [2.45, 2.75) is 39.0 Å². The van der Waals surface area contributed by atoms with E-state index in [1.165, 1.54) is 12.8 Å². The number of nitrogens with zero attached hydrogens (tertiary/aromatic N) is 2. The van der Waals surface area contributed by atoms with Crippen LogP contribution in [0.25, 0.3) is 0 Å². The average molecular weight is 267 g/mol. The molecule has 4 nitrogen and oxygen atoms in total. The first-order valence-electron chi connectivity index (χ1n) is 7.87. The molecule has 0 atom stereocenters. The predicted molar refractivity (Wildman–Crippen MR) is 78.2 cm³/mol. The van der Waals surface area contributed by atoms with Gasteiger partial charge >= 0.3 is 6.03 Å². The largest absolute Gasteiger partial charge is 0.328 e. The molecule has 0 aromatic heterocycles. The molecule has 19 heavy (non-hydrogen) atoms. The van der Waals surface area contributed by atoms with Gasteiger partial charge in [-0.25, -0.2) is 4.79 Å². The van der Waals surface area contributed by atoms with Crippen LogP contribution in [-0.2, 0) is 0 Å². The fourth-order valence-electron chi connectivity index (χ4n) is 3.08. The maximum absolute atomic E-state index is 12.3. The van der Waals surface area contributed by atoms with Crippen molar-refractivity contribution in [2.24, 2.45) is 11.8 Å². The Hall–Kier alpha value is -0.770. The molecule has 0 spiro atoms. The van der Waals surface area contributed by atoms with Gasteiger partial charge in [0.25, 0.3) is 0 Å². The standard InChI is InChI=1S/C15H29N3O/c1-13-5-11-18(12-6-13)15(19)17(2)10-7-14-3-8-16-9-4-14/h13-14,16H,3-12H2,1-2H3. The van der Waals surface area contributed by atoms with Crippen molar-refractivity contribution < 1.29 is 4.79 Å². The summed E-state index contributed by atoms with van der Waals surface area (Å²) in [5.74, 6) is 1.59. The lowest BCUT2D eigenvalue weighted by Crippen LogP contribution is -2.45. The Labute approximate surface area is 117 Å². The zero-order valence-corrected chi connectivity index (χ0v) is 12.5. The van der Waals surface area contributed by atoms with E-state index >= 15 is 0 Å². The first-order chi connectivity index (χ1) is 9.16. The topological polar surface area (TPSA) is 35.6 Å². The number of urea groups is 1. The zero-order chi connectivity index (χ0) is 13.7. The third-order valence-corrected chi connectivity index (χ3v) is 4.71. The van der Waals surface area contributed by atoms with Crippen LogP contribution in [0.1, 0.15) is 39.0 Å². The Kier molecular flexibility index (Phi) is 5.49. The molecule has 0 saturated carbocycles. The van der Waals surface area contributed by atoms with E-state index in [1.807, 2.05) is 16.8 Å². The molecule has 2 saturated heterocycles. The predicted octanol–water partition coefficient (Wildman–Crippen LogP) is 2.16. The minimum atomic E-state index is 0.237. The molecule has 0 aromatic carbocycles. The minimum absolute atomic E-state index is 0.237. The smallest absolute Gasteiger partial charge is 0.319 e. The van der Waals surface area contributed by atoms with Crippen LogP contribution in [0.3, 0.4) is 0 Å². The number of rotatable bonds is 3. The molecule has 2 heterocycles. The van der Waals surface area contributed by atoms with Crippen LogP contribution in [0.15, 0.2) is 0 Å². The van der Waals surface area contributed by atoms with E-state index in [9.17, 15) is 4.79 Å². The van der Waals surface area contributed by atoms with Gasteiger partial charge in [-0.2, -0.15) is 0 Å². The molecule has 0 unspecified atom stereocenters. The van der Waals surface area contributed by atoms with Crippen LogP contribution in [0.5, 0.6) is 0 Å². The monoisotopic (exact) mass is 267 g/mol. The van der Waals surface area contributed by atoms with Crippen LogP contribution in [-0.4, -0.2) is 55.6 Å². The van der Waals surface area contributed by atoms with Gasteiger partial charge in [-0.15, -0.1) is 0 Å². The van der Waals surface area contributed by atoms with Crippen LogP contribution in [0.2, 0.25) is 0 Å². The van der Waals surface area contributed by atoms with E-state index in [2.05, 4.69) is 12.2 Å². The summed E-state index contributed by atoms with van der Waals surface area (Å²) in [6, 6.07) is 0.237. The number of amides is 2. The Bertz CT molecular complexity index is 281. The summed E-state index contributed by atoms with van der Waals surface area (Å²) >= 11 is 0. The summed E-state index contributed by atoms with van der Waals surface area (Å²) in [6.45, 7) is 7.37. The summed E-state index contributed by atoms with van der Waals surface area (Å²) in [4.78, 5) is 16.3. The third kappa shape index (κ3) is 4.37. The van der Waals surface area contributed by atoms with Crippen LogP contribution in [0.4, 0.5) is 4.79 Å². The van der Waals surface area contributed by atoms with Gasteiger partial charge in [-0.3, -0.25) is 0 Å². The summed E-state index contributed by atoms with van der Waals surface area (Å²) < 4.78 is 0. The number of likely N-dealkylation sites (tertiary alicyclic amines) is 1. The number of piperidine rings is 2. The molecule has 4 heteroatoms. The fraction of sp³-hybridized carbons (Fsp3) is 0.933. The van der Waals surface area contributed by atoms with Crippen molar-refractivity contribution in [1.29, 1.82) is 0 Å². The molecule has 0 radical (unpaired) electrons. The summed E-state index contributed by atoms with van der Waals surface area (Å²) in [5, 5.41) is 3.39. The van der Waals surface area contributed by atoms with Gasteiger partial charge < -0.3 is 15.1 Å². The molecule has 2 fully saturated rings. The van der Waals surface area contributed by atoms with Crippen molar-refractivity contribution in [3.63, 3.8) is 0 Å². The van der Waals surface area contributed by atoms with Gasteiger partial charge in [-0.1, -0.05) is 6.92 Å². The third-order valence-electron chi connectivity index (χ3n) is 4.71. The molecule has 2 amide bonds. The SMILES string of the molecule is CC1CCN(C(=O)N(C)CCC2CCNCC2)CC1. The van der Waals surface area contributed by atoms with E-state index < -0.39 is 0 Å². The van der Waals surface area contributed by atoms with Crippen molar-refractivity contribution in [3.05, 3.63) is 0 Å². The van der Waals surface area contributed by atoms with E-state index in [0.717, 1.165) is 63.8 Å². The maximum Gasteiger partial charge on any atom is 0.319 e.